The summed E-state index contributed by atoms with van der Waals surface area (Å²) in [6.45, 7) is 7.07. The van der Waals surface area contributed by atoms with E-state index in [-0.39, 0.29) is 11.8 Å². The first-order valence-corrected chi connectivity index (χ1v) is 11.9. The van der Waals surface area contributed by atoms with Crippen LogP contribution in [0.15, 0.2) is 54.7 Å². The number of likely N-dealkylation sites (tertiary alicyclic amines) is 1. The summed E-state index contributed by atoms with van der Waals surface area (Å²) in [5, 5.41) is 11.8. The minimum atomic E-state index is -0.903. The van der Waals surface area contributed by atoms with E-state index in [0.29, 0.717) is 36.4 Å². The molecule has 3 heterocycles. The largest absolute Gasteiger partial charge is 0.478 e. The molecule has 5 rings (SSSR count). The van der Waals surface area contributed by atoms with Crippen molar-refractivity contribution in [3.05, 3.63) is 82.6 Å². The molecular formula is C27H29N3O4. The maximum Gasteiger partial charge on any atom is 0.335 e. The van der Waals surface area contributed by atoms with Crippen molar-refractivity contribution in [2.24, 2.45) is 0 Å². The van der Waals surface area contributed by atoms with E-state index in [1.165, 1.54) is 5.56 Å². The minimum absolute atomic E-state index is 0.0575. The number of carboxylic acid groups (broad SMARTS) is 1. The van der Waals surface area contributed by atoms with Crippen molar-refractivity contribution in [2.75, 3.05) is 13.1 Å². The van der Waals surface area contributed by atoms with E-state index in [0.717, 1.165) is 49.3 Å². The van der Waals surface area contributed by atoms with Gasteiger partial charge in [-0.3, -0.25) is 14.5 Å². The lowest BCUT2D eigenvalue weighted by molar-refractivity contribution is -0.126. The Balaban J connectivity index is 1.20. The fraction of sp³-hybridized carbons (Fsp3) is 0.370. The zero-order valence-electron chi connectivity index (χ0n) is 19.1. The van der Waals surface area contributed by atoms with Gasteiger partial charge in [0.1, 0.15) is 6.04 Å². The molecule has 7 heteroatoms. The average molecular weight is 460 g/mol. The molecule has 2 amide bonds. The standard InChI is InChI=1S/C27H29N3O4/c1-17-2-9-24(25(31)28-17)30-16-22-14-21(7-8-23(22)26(30)32)19-10-12-29(13-11-19)15-18-3-5-20(6-4-18)27(33)34/h3-8,14,19,24H,1-2,9-13,15-16H2,(H,28,31)(H,33,34). The van der Waals surface area contributed by atoms with Crippen molar-refractivity contribution in [3.8, 4) is 0 Å². The van der Waals surface area contributed by atoms with E-state index in [2.05, 4.69) is 28.9 Å². The van der Waals surface area contributed by atoms with E-state index in [9.17, 15) is 14.4 Å². The second-order valence-electron chi connectivity index (χ2n) is 9.55. The number of rotatable bonds is 5. The Morgan fingerprint density at radius 1 is 1.06 bits per heavy atom. The second-order valence-corrected chi connectivity index (χ2v) is 9.55. The molecule has 3 aliphatic heterocycles. The highest BCUT2D eigenvalue weighted by molar-refractivity contribution is 6.01. The van der Waals surface area contributed by atoms with Crippen LogP contribution in [0.4, 0.5) is 0 Å². The number of benzene rings is 2. The number of hydrogen-bond donors (Lipinski definition) is 2. The van der Waals surface area contributed by atoms with Crippen LogP contribution < -0.4 is 5.32 Å². The smallest absolute Gasteiger partial charge is 0.335 e. The normalized spacial score (nSPS) is 21.5. The molecule has 2 aromatic carbocycles. The summed E-state index contributed by atoms with van der Waals surface area (Å²) < 4.78 is 0. The fourth-order valence-electron chi connectivity index (χ4n) is 5.36. The Morgan fingerprint density at radius 2 is 1.79 bits per heavy atom. The summed E-state index contributed by atoms with van der Waals surface area (Å²) in [4.78, 5) is 40.5. The number of allylic oxidation sites excluding steroid dienone is 1. The summed E-state index contributed by atoms with van der Waals surface area (Å²) in [7, 11) is 0. The van der Waals surface area contributed by atoms with Gasteiger partial charge in [-0.15, -0.1) is 0 Å². The van der Waals surface area contributed by atoms with Crippen LogP contribution in [0.1, 0.15) is 69.0 Å². The first-order chi connectivity index (χ1) is 16.4. The van der Waals surface area contributed by atoms with Crippen LogP contribution in [-0.2, 0) is 17.9 Å². The lowest BCUT2D eigenvalue weighted by atomic mass is 9.87. The van der Waals surface area contributed by atoms with E-state index < -0.39 is 12.0 Å². The highest BCUT2D eigenvalue weighted by atomic mass is 16.4. The van der Waals surface area contributed by atoms with Crippen LogP contribution in [0.25, 0.3) is 0 Å². The van der Waals surface area contributed by atoms with Gasteiger partial charge in [0.25, 0.3) is 5.91 Å². The van der Waals surface area contributed by atoms with Gasteiger partial charge in [0.05, 0.1) is 5.56 Å². The molecule has 0 saturated carbocycles. The van der Waals surface area contributed by atoms with Crippen LogP contribution in [0, 0.1) is 0 Å². The van der Waals surface area contributed by atoms with Gasteiger partial charge >= 0.3 is 5.97 Å². The molecule has 0 radical (unpaired) electrons. The van der Waals surface area contributed by atoms with Crippen LogP contribution in [0.5, 0.6) is 0 Å². The quantitative estimate of drug-likeness (QED) is 0.714. The van der Waals surface area contributed by atoms with Gasteiger partial charge in [0.15, 0.2) is 0 Å². The van der Waals surface area contributed by atoms with Crippen molar-refractivity contribution < 1.29 is 19.5 Å². The Bertz CT molecular complexity index is 1150. The van der Waals surface area contributed by atoms with Crippen LogP contribution in [0.2, 0.25) is 0 Å². The first kappa shape index (κ1) is 22.3. The lowest BCUT2D eigenvalue weighted by Crippen LogP contribution is -2.49. The number of aromatic carboxylic acids is 1. The Labute approximate surface area is 199 Å². The molecule has 7 nitrogen and oxygen atoms in total. The third-order valence-electron chi connectivity index (χ3n) is 7.33. The van der Waals surface area contributed by atoms with Crippen molar-refractivity contribution in [3.63, 3.8) is 0 Å². The van der Waals surface area contributed by atoms with Crippen molar-refractivity contribution in [2.45, 2.75) is 50.7 Å². The summed E-state index contributed by atoms with van der Waals surface area (Å²) in [6.07, 6.45) is 3.40. The zero-order valence-corrected chi connectivity index (χ0v) is 19.1. The van der Waals surface area contributed by atoms with Gasteiger partial charge in [-0.2, -0.15) is 0 Å². The molecule has 1 unspecified atom stereocenters. The zero-order chi connectivity index (χ0) is 23.8. The molecule has 2 N–H and O–H groups in total. The van der Waals surface area contributed by atoms with Gasteiger partial charge in [-0.25, -0.2) is 4.79 Å². The van der Waals surface area contributed by atoms with Gasteiger partial charge in [0, 0.05) is 24.4 Å². The molecular weight excluding hydrogens is 430 g/mol. The minimum Gasteiger partial charge on any atom is -0.478 e. The highest BCUT2D eigenvalue weighted by Crippen LogP contribution is 2.34. The van der Waals surface area contributed by atoms with Gasteiger partial charge in [-0.1, -0.05) is 30.8 Å². The SMILES string of the molecule is C=C1CCC(N2Cc3cc(C4CCN(Cc5ccc(C(=O)O)cc5)CC4)ccc3C2=O)C(=O)N1. The number of nitrogens with one attached hydrogen (secondary N) is 1. The number of amides is 2. The third kappa shape index (κ3) is 4.35. The molecule has 0 bridgehead atoms. The number of carbonyl (C=O) groups is 3. The Kier molecular flexibility index (Phi) is 5.96. The summed E-state index contributed by atoms with van der Waals surface area (Å²) >= 11 is 0. The lowest BCUT2D eigenvalue weighted by Gasteiger charge is -2.32. The van der Waals surface area contributed by atoms with Crippen molar-refractivity contribution in [1.82, 2.24) is 15.1 Å². The number of carboxylic acids is 1. The predicted octanol–water partition coefficient (Wildman–Crippen LogP) is 3.51. The molecule has 2 fully saturated rings. The summed E-state index contributed by atoms with van der Waals surface area (Å²) in [5.74, 6) is -0.651. The number of carbonyl (C=O) groups excluding carboxylic acids is 2. The van der Waals surface area contributed by atoms with E-state index >= 15 is 0 Å². The molecule has 34 heavy (non-hydrogen) atoms. The van der Waals surface area contributed by atoms with E-state index in [1.807, 2.05) is 18.2 Å². The molecule has 3 aliphatic rings. The van der Waals surface area contributed by atoms with Crippen LogP contribution in [0.3, 0.4) is 0 Å². The highest BCUT2D eigenvalue weighted by Gasteiger charge is 2.38. The first-order valence-electron chi connectivity index (χ1n) is 11.9. The number of fused-ring (bicyclic) bond motifs is 1. The van der Waals surface area contributed by atoms with Gasteiger partial charge in [-0.05, 0) is 79.6 Å². The van der Waals surface area contributed by atoms with Gasteiger partial charge in [0.2, 0.25) is 5.91 Å². The number of hydrogen-bond acceptors (Lipinski definition) is 4. The van der Waals surface area contributed by atoms with E-state index in [4.69, 9.17) is 5.11 Å². The molecule has 2 aromatic rings. The maximum atomic E-state index is 13.0. The number of piperidine rings is 2. The van der Waals surface area contributed by atoms with Crippen molar-refractivity contribution >= 4 is 17.8 Å². The van der Waals surface area contributed by atoms with Crippen LogP contribution >= 0.6 is 0 Å². The van der Waals surface area contributed by atoms with Crippen molar-refractivity contribution in [1.29, 1.82) is 0 Å². The molecule has 176 valence electrons. The topological polar surface area (TPSA) is 90.0 Å². The third-order valence-corrected chi connectivity index (χ3v) is 7.33. The fourth-order valence-corrected chi connectivity index (χ4v) is 5.36. The number of nitrogens with zero attached hydrogens (tertiary/aromatic N) is 2. The van der Waals surface area contributed by atoms with Crippen LogP contribution in [-0.4, -0.2) is 51.8 Å². The second kappa shape index (κ2) is 9.06. The Morgan fingerprint density at radius 3 is 2.47 bits per heavy atom. The predicted molar refractivity (Wildman–Crippen MR) is 127 cm³/mol. The molecule has 0 spiro atoms. The average Bonchev–Trinajstić information content (AvgIpc) is 3.15. The van der Waals surface area contributed by atoms with Gasteiger partial charge < -0.3 is 15.3 Å². The Hall–Kier alpha value is -3.45. The molecule has 0 aromatic heterocycles. The molecule has 0 aliphatic carbocycles. The monoisotopic (exact) mass is 459 g/mol. The maximum absolute atomic E-state index is 13.0. The summed E-state index contributed by atoms with van der Waals surface area (Å²) in [6, 6.07) is 12.8. The summed E-state index contributed by atoms with van der Waals surface area (Å²) in [5.41, 5.74) is 5.14. The molecule has 2 saturated heterocycles. The van der Waals surface area contributed by atoms with E-state index in [1.54, 1.807) is 17.0 Å². The molecule has 1 atom stereocenters.